The number of methoxy groups -OCH3 is 1. The van der Waals surface area contributed by atoms with Crippen LogP contribution in [0.3, 0.4) is 0 Å². The Bertz CT molecular complexity index is 714. The highest BCUT2D eigenvalue weighted by Gasteiger charge is 2.39. The van der Waals surface area contributed by atoms with Crippen molar-refractivity contribution in [2.45, 2.75) is 26.0 Å². The molecular weight excluding hydrogens is 336 g/mol. The van der Waals surface area contributed by atoms with Crippen molar-refractivity contribution in [3.63, 3.8) is 0 Å². The summed E-state index contributed by atoms with van der Waals surface area (Å²) in [6.45, 7) is 11.3. The van der Waals surface area contributed by atoms with Crippen LogP contribution < -0.4 is 20.1 Å². The number of amides is 2. The Kier molecular flexibility index (Phi) is 6.27. The van der Waals surface area contributed by atoms with Gasteiger partial charge in [0.1, 0.15) is 12.5 Å². The highest BCUT2D eigenvalue weighted by atomic mass is 16.5. The number of rotatable bonds is 7. The van der Waals surface area contributed by atoms with E-state index in [2.05, 4.69) is 23.8 Å². The van der Waals surface area contributed by atoms with Crippen LogP contribution in [0.4, 0.5) is 4.79 Å². The van der Waals surface area contributed by atoms with E-state index >= 15 is 0 Å². The van der Waals surface area contributed by atoms with E-state index in [1.54, 1.807) is 38.1 Å². The fourth-order valence-corrected chi connectivity index (χ4v) is 2.69. The Morgan fingerprint density at radius 1 is 1.35 bits per heavy atom. The zero-order valence-corrected chi connectivity index (χ0v) is 15.2. The zero-order valence-electron chi connectivity index (χ0n) is 15.2. The summed E-state index contributed by atoms with van der Waals surface area (Å²) in [5, 5.41) is 5.30. The third-order valence-corrected chi connectivity index (χ3v) is 3.78. The van der Waals surface area contributed by atoms with Crippen LogP contribution in [0.5, 0.6) is 11.5 Å². The average molecular weight is 360 g/mol. The molecule has 2 amide bonds. The van der Waals surface area contributed by atoms with Gasteiger partial charge in [0.25, 0.3) is 0 Å². The molecule has 2 atom stereocenters. The summed E-state index contributed by atoms with van der Waals surface area (Å²) in [5.41, 5.74) is 0.963. The summed E-state index contributed by atoms with van der Waals surface area (Å²) < 4.78 is 16.2. The van der Waals surface area contributed by atoms with Crippen molar-refractivity contribution in [3.8, 4) is 11.5 Å². The summed E-state index contributed by atoms with van der Waals surface area (Å²) in [7, 11) is 1.52. The zero-order chi connectivity index (χ0) is 19.3. The molecule has 26 heavy (non-hydrogen) atoms. The number of benzene rings is 1. The molecule has 1 aromatic rings. The molecule has 0 aliphatic carbocycles. The van der Waals surface area contributed by atoms with Gasteiger partial charge in [-0.1, -0.05) is 25.3 Å². The molecule has 1 saturated heterocycles. The minimum Gasteiger partial charge on any atom is -0.493 e. The lowest BCUT2D eigenvalue weighted by Crippen LogP contribution is -2.51. The van der Waals surface area contributed by atoms with Crippen LogP contribution in [0.15, 0.2) is 43.1 Å². The number of hydrogen-bond acceptors (Lipinski definition) is 5. The number of carbonyl (C=O) groups excluding carboxylic acids is 2. The van der Waals surface area contributed by atoms with Crippen LogP contribution in [0.2, 0.25) is 0 Å². The lowest BCUT2D eigenvalue weighted by Gasteiger charge is -2.33. The van der Waals surface area contributed by atoms with Crippen LogP contribution in [-0.2, 0) is 9.53 Å². The minimum atomic E-state index is -0.764. The SMILES string of the molecule is C=CCOc1ccc([C@@H]2NC(=O)NC(=C)[C@H]2C(=O)OC(C)C)cc1OC. The third kappa shape index (κ3) is 4.36. The Labute approximate surface area is 153 Å². The lowest BCUT2D eigenvalue weighted by atomic mass is 9.89. The van der Waals surface area contributed by atoms with E-state index in [9.17, 15) is 9.59 Å². The topological polar surface area (TPSA) is 85.9 Å². The van der Waals surface area contributed by atoms with Crippen LogP contribution >= 0.6 is 0 Å². The molecule has 1 aliphatic heterocycles. The smallest absolute Gasteiger partial charge is 0.319 e. The number of esters is 1. The maximum atomic E-state index is 12.5. The fraction of sp³-hybridized carbons (Fsp3) is 0.368. The van der Waals surface area contributed by atoms with E-state index in [0.29, 0.717) is 23.7 Å². The van der Waals surface area contributed by atoms with Gasteiger partial charge in [-0.2, -0.15) is 0 Å². The number of urea groups is 1. The molecule has 1 aromatic carbocycles. The van der Waals surface area contributed by atoms with Crippen LogP contribution in [0.1, 0.15) is 25.5 Å². The van der Waals surface area contributed by atoms with E-state index in [1.807, 2.05) is 0 Å². The Morgan fingerprint density at radius 2 is 2.08 bits per heavy atom. The molecule has 0 bridgehead atoms. The van der Waals surface area contributed by atoms with Crippen LogP contribution in [0, 0.1) is 5.92 Å². The van der Waals surface area contributed by atoms with Gasteiger partial charge in [-0.15, -0.1) is 0 Å². The van der Waals surface area contributed by atoms with E-state index in [4.69, 9.17) is 14.2 Å². The first-order chi connectivity index (χ1) is 12.4. The fourth-order valence-electron chi connectivity index (χ4n) is 2.69. The second kappa shape index (κ2) is 8.42. The average Bonchev–Trinajstić information content (AvgIpc) is 2.58. The molecule has 1 heterocycles. The van der Waals surface area contributed by atoms with Crippen LogP contribution in [-0.4, -0.2) is 31.8 Å². The molecule has 0 unspecified atom stereocenters. The van der Waals surface area contributed by atoms with Gasteiger partial charge >= 0.3 is 12.0 Å². The Balaban J connectivity index is 2.37. The minimum absolute atomic E-state index is 0.280. The van der Waals surface area contributed by atoms with Gasteiger partial charge in [-0.05, 0) is 31.5 Å². The lowest BCUT2D eigenvalue weighted by molar-refractivity contribution is -0.152. The molecule has 2 rings (SSSR count). The molecular formula is C19H24N2O5. The monoisotopic (exact) mass is 360 g/mol. The van der Waals surface area contributed by atoms with E-state index in [1.165, 1.54) is 7.11 Å². The van der Waals surface area contributed by atoms with Crippen molar-refractivity contribution in [1.82, 2.24) is 10.6 Å². The Morgan fingerprint density at radius 3 is 2.69 bits per heavy atom. The summed E-state index contributed by atoms with van der Waals surface area (Å²) in [6, 6.07) is 4.14. The highest BCUT2D eigenvalue weighted by Crippen LogP contribution is 2.36. The molecule has 2 N–H and O–H groups in total. The first-order valence-corrected chi connectivity index (χ1v) is 8.25. The van der Waals surface area contributed by atoms with Crippen molar-refractivity contribution in [3.05, 3.63) is 48.7 Å². The standard InChI is InChI=1S/C19H24N2O5/c1-6-9-25-14-8-7-13(10-15(14)24-5)17-16(18(22)26-11(2)3)12(4)20-19(23)21-17/h6-8,10-11,16-17H,1,4,9H2,2-3,5H3,(H2,20,21,23)/t16-,17+/m1/s1. The van der Waals surface area contributed by atoms with Crippen molar-refractivity contribution < 1.29 is 23.8 Å². The number of ether oxygens (including phenoxy) is 3. The number of hydrogen-bond donors (Lipinski definition) is 2. The molecule has 7 nitrogen and oxygen atoms in total. The predicted molar refractivity (Wildman–Crippen MR) is 97.0 cm³/mol. The van der Waals surface area contributed by atoms with Crippen molar-refractivity contribution >= 4 is 12.0 Å². The Hall–Kier alpha value is -2.96. The molecule has 1 aliphatic rings. The van der Waals surface area contributed by atoms with E-state index in [-0.39, 0.29) is 11.8 Å². The van der Waals surface area contributed by atoms with Crippen molar-refractivity contribution in [1.29, 1.82) is 0 Å². The third-order valence-electron chi connectivity index (χ3n) is 3.78. The van der Waals surface area contributed by atoms with E-state index < -0.39 is 24.0 Å². The van der Waals surface area contributed by atoms with Crippen molar-refractivity contribution in [2.24, 2.45) is 5.92 Å². The van der Waals surface area contributed by atoms with Gasteiger partial charge < -0.3 is 24.8 Å². The molecule has 0 radical (unpaired) electrons. The van der Waals surface area contributed by atoms with Gasteiger partial charge in [-0.25, -0.2) is 4.79 Å². The predicted octanol–water partition coefficient (Wildman–Crippen LogP) is 2.70. The molecule has 1 fully saturated rings. The first kappa shape index (κ1) is 19.4. The quantitative estimate of drug-likeness (QED) is 0.577. The maximum absolute atomic E-state index is 12.5. The van der Waals surface area contributed by atoms with E-state index in [0.717, 1.165) is 0 Å². The van der Waals surface area contributed by atoms with Gasteiger partial charge in [-0.3, -0.25) is 4.79 Å². The van der Waals surface area contributed by atoms with Crippen molar-refractivity contribution in [2.75, 3.05) is 13.7 Å². The van der Waals surface area contributed by atoms with Gasteiger partial charge in [0, 0.05) is 5.70 Å². The first-order valence-electron chi connectivity index (χ1n) is 8.25. The molecule has 0 spiro atoms. The largest absolute Gasteiger partial charge is 0.493 e. The second-order valence-electron chi connectivity index (χ2n) is 6.07. The molecule has 7 heteroatoms. The number of carbonyl (C=O) groups is 2. The number of nitrogens with one attached hydrogen (secondary N) is 2. The maximum Gasteiger partial charge on any atom is 0.319 e. The molecule has 140 valence electrons. The second-order valence-corrected chi connectivity index (χ2v) is 6.07. The molecule has 0 aromatic heterocycles. The van der Waals surface area contributed by atoms with Gasteiger partial charge in [0.05, 0.1) is 19.3 Å². The normalized spacial score (nSPS) is 19.4. The molecule has 0 saturated carbocycles. The summed E-state index contributed by atoms with van der Waals surface area (Å²) in [6.07, 6.45) is 1.35. The van der Waals surface area contributed by atoms with Gasteiger partial charge in [0.2, 0.25) is 0 Å². The summed E-state index contributed by atoms with van der Waals surface area (Å²) in [5.74, 6) is -0.205. The highest BCUT2D eigenvalue weighted by molar-refractivity contribution is 5.85. The summed E-state index contributed by atoms with van der Waals surface area (Å²) in [4.78, 5) is 24.4. The summed E-state index contributed by atoms with van der Waals surface area (Å²) >= 11 is 0. The van der Waals surface area contributed by atoms with Crippen LogP contribution in [0.25, 0.3) is 0 Å². The van der Waals surface area contributed by atoms with Gasteiger partial charge in [0.15, 0.2) is 11.5 Å².